The Kier molecular flexibility index (Phi) is 6.22. The zero-order chi connectivity index (χ0) is 15.8. The van der Waals surface area contributed by atoms with Crippen LogP contribution in [0.15, 0.2) is 42.6 Å². The first-order valence-electron chi connectivity index (χ1n) is 7.46. The molecule has 1 amide bonds. The van der Waals surface area contributed by atoms with Gasteiger partial charge in [0.25, 0.3) is 5.91 Å². The van der Waals surface area contributed by atoms with E-state index in [4.69, 9.17) is 11.6 Å². The van der Waals surface area contributed by atoms with Crippen LogP contribution in [0.1, 0.15) is 36.5 Å². The number of nitrogens with zero attached hydrogens (tertiary/aromatic N) is 1. The van der Waals surface area contributed by atoms with E-state index in [1.54, 1.807) is 30.5 Å². The highest BCUT2D eigenvalue weighted by molar-refractivity contribution is 6.30. The Hall–Kier alpha value is -2.07. The van der Waals surface area contributed by atoms with Crippen LogP contribution in [-0.2, 0) is 0 Å². The average Bonchev–Trinajstić information content (AvgIpc) is 2.54. The molecule has 0 aliphatic heterocycles. The molecule has 0 atom stereocenters. The van der Waals surface area contributed by atoms with E-state index >= 15 is 0 Å². The fraction of sp³-hybridized carbons (Fsp3) is 0.294. The number of nitrogens with one attached hydrogen (secondary N) is 2. The maximum atomic E-state index is 12.1. The molecule has 0 fully saturated rings. The number of rotatable bonds is 7. The summed E-state index contributed by atoms with van der Waals surface area (Å²) in [6.45, 7) is 3.09. The summed E-state index contributed by atoms with van der Waals surface area (Å²) in [6, 6.07) is 10.5. The fourth-order valence-corrected chi connectivity index (χ4v) is 2.09. The van der Waals surface area contributed by atoms with Crippen molar-refractivity contribution in [1.29, 1.82) is 0 Å². The summed E-state index contributed by atoms with van der Waals surface area (Å²) in [6.07, 6.45) is 5.19. The van der Waals surface area contributed by atoms with Crippen LogP contribution >= 0.6 is 11.6 Å². The third kappa shape index (κ3) is 5.04. The maximum Gasteiger partial charge on any atom is 0.255 e. The summed E-state index contributed by atoms with van der Waals surface area (Å²) >= 11 is 5.81. The number of unbranched alkanes of at least 4 members (excludes halogenated alkanes) is 2. The second-order valence-corrected chi connectivity index (χ2v) is 5.46. The number of pyridine rings is 1. The molecule has 0 unspecified atom stereocenters. The maximum absolute atomic E-state index is 12.1. The SMILES string of the molecule is CCCCCNc1ccc(NC(=O)c2ccc(Cl)cc2)cn1. The molecule has 2 rings (SSSR count). The molecule has 0 radical (unpaired) electrons. The van der Waals surface area contributed by atoms with Crippen molar-refractivity contribution in [2.24, 2.45) is 0 Å². The summed E-state index contributed by atoms with van der Waals surface area (Å²) in [4.78, 5) is 16.3. The van der Waals surface area contributed by atoms with Gasteiger partial charge in [0, 0.05) is 17.1 Å². The zero-order valence-corrected chi connectivity index (χ0v) is 13.4. The van der Waals surface area contributed by atoms with Gasteiger partial charge < -0.3 is 10.6 Å². The van der Waals surface area contributed by atoms with Gasteiger partial charge >= 0.3 is 0 Å². The lowest BCUT2D eigenvalue weighted by molar-refractivity contribution is 0.102. The highest BCUT2D eigenvalue weighted by Crippen LogP contribution is 2.13. The molecule has 0 saturated heterocycles. The molecule has 0 saturated carbocycles. The molecule has 0 bridgehead atoms. The molecule has 5 heteroatoms. The number of anilines is 2. The van der Waals surface area contributed by atoms with E-state index < -0.39 is 0 Å². The number of hydrogen-bond donors (Lipinski definition) is 2. The second-order valence-electron chi connectivity index (χ2n) is 5.03. The van der Waals surface area contributed by atoms with Crippen molar-refractivity contribution in [2.45, 2.75) is 26.2 Å². The highest BCUT2D eigenvalue weighted by atomic mass is 35.5. The van der Waals surface area contributed by atoms with Crippen molar-refractivity contribution in [3.63, 3.8) is 0 Å². The Bertz CT molecular complexity index is 596. The molecule has 4 nitrogen and oxygen atoms in total. The summed E-state index contributed by atoms with van der Waals surface area (Å²) < 4.78 is 0. The van der Waals surface area contributed by atoms with Gasteiger partial charge in [-0.15, -0.1) is 0 Å². The number of benzene rings is 1. The van der Waals surface area contributed by atoms with E-state index in [9.17, 15) is 4.79 Å². The van der Waals surface area contributed by atoms with Gasteiger partial charge in [0.2, 0.25) is 0 Å². The van der Waals surface area contributed by atoms with Gasteiger partial charge in [0.15, 0.2) is 0 Å². The van der Waals surface area contributed by atoms with Crippen molar-refractivity contribution in [2.75, 3.05) is 17.2 Å². The van der Waals surface area contributed by atoms with Gasteiger partial charge in [-0.3, -0.25) is 4.79 Å². The largest absolute Gasteiger partial charge is 0.370 e. The standard InChI is InChI=1S/C17H20ClN3O/c1-2-3-4-11-19-16-10-9-15(12-20-16)21-17(22)13-5-7-14(18)8-6-13/h5-10,12H,2-4,11H2,1H3,(H,19,20)(H,21,22). The van der Waals surface area contributed by atoms with Crippen LogP contribution in [-0.4, -0.2) is 17.4 Å². The molecule has 1 aromatic heterocycles. The van der Waals surface area contributed by atoms with E-state index in [2.05, 4.69) is 22.5 Å². The van der Waals surface area contributed by atoms with Gasteiger partial charge in [0.1, 0.15) is 5.82 Å². The van der Waals surface area contributed by atoms with Crippen molar-refractivity contribution in [1.82, 2.24) is 4.98 Å². The fourth-order valence-electron chi connectivity index (χ4n) is 1.97. The lowest BCUT2D eigenvalue weighted by atomic mass is 10.2. The molecular formula is C17H20ClN3O. The number of hydrogen-bond acceptors (Lipinski definition) is 3. The normalized spacial score (nSPS) is 10.3. The Morgan fingerprint density at radius 1 is 1.14 bits per heavy atom. The Balaban J connectivity index is 1.88. The van der Waals surface area contributed by atoms with Crippen LogP contribution in [0.25, 0.3) is 0 Å². The lowest BCUT2D eigenvalue weighted by Gasteiger charge is -2.08. The van der Waals surface area contributed by atoms with Gasteiger partial charge in [-0.1, -0.05) is 31.4 Å². The summed E-state index contributed by atoms with van der Waals surface area (Å²) in [5.41, 5.74) is 1.23. The minimum atomic E-state index is -0.179. The minimum absolute atomic E-state index is 0.179. The van der Waals surface area contributed by atoms with Gasteiger partial charge in [0.05, 0.1) is 11.9 Å². The third-order valence-electron chi connectivity index (χ3n) is 3.21. The molecule has 1 aromatic carbocycles. The third-order valence-corrected chi connectivity index (χ3v) is 3.47. The van der Waals surface area contributed by atoms with Crippen LogP contribution < -0.4 is 10.6 Å². The van der Waals surface area contributed by atoms with E-state index in [0.29, 0.717) is 16.3 Å². The molecule has 0 aliphatic rings. The molecular weight excluding hydrogens is 298 g/mol. The van der Waals surface area contributed by atoms with Crippen molar-refractivity contribution in [3.05, 3.63) is 53.2 Å². The number of carbonyl (C=O) groups excluding carboxylic acids is 1. The summed E-state index contributed by atoms with van der Waals surface area (Å²) in [5, 5.41) is 6.68. The molecule has 0 spiro atoms. The van der Waals surface area contributed by atoms with Crippen molar-refractivity contribution >= 4 is 29.0 Å². The lowest BCUT2D eigenvalue weighted by Crippen LogP contribution is -2.12. The van der Waals surface area contributed by atoms with Crippen LogP contribution in [0.5, 0.6) is 0 Å². The summed E-state index contributed by atoms with van der Waals surface area (Å²) in [7, 11) is 0. The van der Waals surface area contributed by atoms with E-state index in [1.165, 1.54) is 12.8 Å². The predicted octanol–water partition coefficient (Wildman–Crippen LogP) is 4.59. The smallest absolute Gasteiger partial charge is 0.255 e. The van der Waals surface area contributed by atoms with E-state index in [-0.39, 0.29) is 5.91 Å². The van der Waals surface area contributed by atoms with Crippen LogP contribution in [0.3, 0.4) is 0 Å². The Morgan fingerprint density at radius 3 is 2.55 bits per heavy atom. The number of carbonyl (C=O) groups is 1. The second kappa shape index (κ2) is 8.39. The van der Waals surface area contributed by atoms with Gasteiger partial charge in [-0.2, -0.15) is 0 Å². The van der Waals surface area contributed by atoms with Crippen molar-refractivity contribution in [3.8, 4) is 0 Å². The molecule has 2 aromatic rings. The van der Waals surface area contributed by atoms with Gasteiger partial charge in [-0.05, 0) is 42.8 Å². The zero-order valence-electron chi connectivity index (χ0n) is 12.6. The molecule has 2 N–H and O–H groups in total. The number of aromatic nitrogens is 1. The first-order chi connectivity index (χ1) is 10.7. The van der Waals surface area contributed by atoms with Gasteiger partial charge in [-0.25, -0.2) is 4.98 Å². The Morgan fingerprint density at radius 2 is 1.91 bits per heavy atom. The van der Waals surface area contributed by atoms with E-state index in [0.717, 1.165) is 18.8 Å². The summed E-state index contributed by atoms with van der Waals surface area (Å²) in [5.74, 6) is 0.641. The average molecular weight is 318 g/mol. The quantitative estimate of drug-likeness (QED) is 0.734. The van der Waals surface area contributed by atoms with Crippen molar-refractivity contribution < 1.29 is 4.79 Å². The molecule has 116 valence electrons. The molecule has 0 aliphatic carbocycles. The number of amides is 1. The van der Waals surface area contributed by atoms with E-state index in [1.807, 2.05) is 12.1 Å². The monoisotopic (exact) mass is 317 g/mol. The first kappa shape index (κ1) is 16.3. The minimum Gasteiger partial charge on any atom is -0.370 e. The molecule has 22 heavy (non-hydrogen) atoms. The van der Waals surface area contributed by atoms with Crippen LogP contribution in [0.4, 0.5) is 11.5 Å². The Labute approximate surface area is 135 Å². The predicted molar refractivity (Wildman–Crippen MR) is 91.7 cm³/mol. The molecule has 1 heterocycles. The number of halogens is 1. The highest BCUT2D eigenvalue weighted by Gasteiger charge is 2.06. The van der Waals surface area contributed by atoms with Crippen LogP contribution in [0.2, 0.25) is 5.02 Å². The topological polar surface area (TPSA) is 54.0 Å². The van der Waals surface area contributed by atoms with Crippen LogP contribution in [0, 0.1) is 0 Å². The first-order valence-corrected chi connectivity index (χ1v) is 7.83.